The van der Waals surface area contributed by atoms with Gasteiger partial charge in [0.2, 0.25) is 0 Å². The van der Waals surface area contributed by atoms with Crippen molar-refractivity contribution in [3.8, 4) is 11.5 Å². The summed E-state index contributed by atoms with van der Waals surface area (Å²) in [6.07, 6.45) is 2.77. The molecule has 108 valence electrons. The third-order valence-electron chi connectivity index (χ3n) is 3.04. The first kappa shape index (κ1) is 14.9. The van der Waals surface area contributed by atoms with E-state index in [0.29, 0.717) is 11.5 Å². The van der Waals surface area contributed by atoms with Gasteiger partial charge in [0, 0.05) is 5.56 Å². The van der Waals surface area contributed by atoms with Crippen LogP contribution in [0.2, 0.25) is 0 Å². The number of hydrogen-bond donors (Lipinski definition) is 0. The van der Waals surface area contributed by atoms with Crippen molar-refractivity contribution in [3.05, 3.63) is 72.3 Å². The maximum absolute atomic E-state index is 12.0. The van der Waals surface area contributed by atoms with Gasteiger partial charge < -0.3 is 9.47 Å². The van der Waals surface area contributed by atoms with Gasteiger partial charge in [-0.2, -0.15) is 0 Å². The maximum Gasteiger partial charge on any atom is 0.315 e. The number of benzene rings is 2. The maximum atomic E-state index is 12.0. The van der Waals surface area contributed by atoms with E-state index in [2.05, 4.69) is 6.58 Å². The molecule has 2 aromatic rings. The summed E-state index contributed by atoms with van der Waals surface area (Å²) >= 11 is 0. The average Bonchev–Trinajstić information content (AvgIpc) is 2.50. The highest BCUT2D eigenvalue weighted by Crippen LogP contribution is 2.22. The Hall–Kier alpha value is -2.55. The Morgan fingerprint density at radius 3 is 2.62 bits per heavy atom. The van der Waals surface area contributed by atoms with Gasteiger partial charge in [-0.3, -0.25) is 4.79 Å². The summed E-state index contributed by atoms with van der Waals surface area (Å²) in [5.41, 5.74) is 1.91. The fourth-order valence-electron chi connectivity index (χ4n) is 2.04. The fourth-order valence-corrected chi connectivity index (χ4v) is 2.04. The molecule has 0 radical (unpaired) electrons. The van der Waals surface area contributed by atoms with Gasteiger partial charge in [-0.05, 0) is 30.2 Å². The second-order valence-electron chi connectivity index (χ2n) is 4.60. The van der Waals surface area contributed by atoms with Crippen LogP contribution in [-0.2, 0) is 17.6 Å². The Morgan fingerprint density at radius 2 is 1.95 bits per heavy atom. The molecule has 0 saturated heterocycles. The van der Waals surface area contributed by atoms with Crippen LogP contribution in [0.1, 0.15) is 11.1 Å². The van der Waals surface area contributed by atoms with Crippen LogP contribution in [0.15, 0.2) is 61.2 Å². The van der Waals surface area contributed by atoms with Crippen molar-refractivity contribution in [3.63, 3.8) is 0 Å². The molecule has 0 aromatic heterocycles. The molecule has 0 atom stereocenters. The molecule has 0 spiro atoms. The normalized spacial score (nSPS) is 9.95. The highest BCUT2D eigenvalue weighted by Gasteiger charge is 2.11. The smallest absolute Gasteiger partial charge is 0.315 e. The first-order valence-electron chi connectivity index (χ1n) is 6.75. The number of para-hydroxylation sites is 1. The van der Waals surface area contributed by atoms with Crippen molar-refractivity contribution in [2.45, 2.75) is 12.8 Å². The second-order valence-corrected chi connectivity index (χ2v) is 4.60. The minimum Gasteiger partial charge on any atom is -0.496 e. The van der Waals surface area contributed by atoms with Crippen LogP contribution >= 0.6 is 0 Å². The Kier molecular flexibility index (Phi) is 5.16. The van der Waals surface area contributed by atoms with Gasteiger partial charge >= 0.3 is 5.97 Å². The summed E-state index contributed by atoms with van der Waals surface area (Å²) in [7, 11) is 1.60. The van der Waals surface area contributed by atoms with Crippen LogP contribution < -0.4 is 9.47 Å². The van der Waals surface area contributed by atoms with Gasteiger partial charge in [0.25, 0.3) is 0 Å². The van der Waals surface area contributed by atoms with E-state index in [4.69, 9.17) is 9.47 Å². The van der Waals surface area contributed by atoms with Crippen LogP contribution in [0.25, 0.3) is 0 Å². The van der Waals surface area contributed by atoms with Crippen LogP contribution in [0.4, 0.5) is 0 Å². The van der Waals surface area contributed by atoms with E-state index in [1.807, 2.05) is 42.5 Å². The van der Waals surface area contributed by atoms with E-state index < -0.39 is 0 Å². The standard InChI is InChI=1S/C18H18O3/c1-3-7-14-10-11-15(17(12-14)20-2)13-18(19)21-16-8-5-4-6-9-16/h3-6,8-12H,1,7,13H2,2H3. The molecule has 3 nitrogen and oxygen atoms in total. The van der Waals surface area contributed by atoms with E-state index in [9.17, 15) is 4.79 Å². The van der Waals surface area contributed by atoms with E-state index in [1.165, 1.54) is 0 Å². The summed E-state index contributed by atoms with van der Waals surface area (Å²) in [4.78, 5) is 12.0. The fraction of sp³-hybridized carbons (Fsp3) is 0.167. The van der Waals surface area contributed by atoms with Crippen LogP contribution in [-0.4, -0.2) is 13.1 Å². The molecule has 0 fully saturated rings. The number of allylic oxidation sites excluding steroid dienone is 1. The first-order valence-corrected chi connectivity index (χ1v) is 6.75. The van der Waals surface area contributed by atoms with Gasteiger partial charge in [-0.1, -0.05) is 36.4 Å². The van der Waals surface area contributed by atoms with Crippen molar-refractivity contribution in [1.82, 2.24) is 0 Å². The molecule has 0 unspecified atom stereocenters. The number of rotatable bonds is 6. The number of carbonyl (C=O) groups excluding carboxylic acids is 1. The van der Waals surface area contributed by atoms with Gasteiger partial charge in [-0.15, -0.1) is 6.58 Å². The third kappa shape index (κ3) is 4.21. The topological polar surface area (TPSA) is 35.5 Å². The predicted octanol–water partition coefficient (Wildman–Crippen LogP) is 3.57. The molecular weight excluding hydrogens is 264 g/mol. The number of hydrogen-bond acceptors (Lipinski definition) is 3. The Balaban J connectivity index is 2.08. The summed E-state index contributed by atoms with van der Waals surface area (Å²) in [5.74, 6) is 0.931. The largest absolute Gasteiger partial charge is 0.496 e. The first-order chi connectivity index (χ1) is 10.2. The van der Waals surface area contributed by atoms with E-state index >= 15 is 0 Å². The van der Waals surface area contributed by atoms with Crippen LogP contribution in [0.3, 0.4) is 0 Å². The predicted molar refractivity (Wildman–Crippen MR) is 82.7 cm³/mol. The molecule has 0 N–H and O–H groups in total. The zero-order valence-electron chi connectivity index (χ0n) is 12.0. The minimum atomic E-state index is -0.309. The van der Waals surface area contributed by atoms with Crippen LogP contribution in [0, 0.1) is 0 Å². The zero-order valence-corrected chi connectivity index (χ0v) is 12.0. The monoisotopic (exact) mass is 282 g/mol. The van der Waals surface area contributed by atoms with Crippen molar-refractivity contribution in [2.24, 2.45) is 0 Å². The van der Waals surface area contributed by atoms with Crippen molar-refractivity contribution >= 4 is 5.97 Å². The molecule has 0 heterocycles. The lowest BCUT2D eigenvalue weighted by molar-refractivity contribution is -0.133. The molecule has 0 amide bonds. The summed E-state index contributed by atoms with van der Waals surface area (Å²) < 4.78 is 10.6. The molecule has 21 heavy (non-hydrogen) atoms. The van der Waals surface area contributed by atoms with Gasteiger partial charge in [-0.25, -0.2) is 0 Å². The van der Waals surface area contributed by atoms with Crippen molar-refractivity contribution in [2.75, 3.05) is 7.11 Å². The number of carbonyl (C=O) groups is 1. The molecule has 0 aliphatic heterocycles. The highest BCUT2D eigenvalue weighted by atomic mass is 16.5. The molecule has 3 heteroatoms. The summed E-state index contributed by atoms with van der Waals surface area (Å²) in [5, 5.41) is 0. The molecular formula is C18H18O3. The quantitative estimate of drug-likeness (QED) is 0.461. The van der Waals surface area contributed by atoms with Crippen molar-refractivity contribution in [1.29, 1.82) is 0 Å². The lowest BCUT2D eigenvalue weighted by atomic mass is 10.1. The zero-order chi connectivity index (χ0) is 15.1. The third-order valence-corrected chi connectivity index (χ3v) is 3.04. The average molecular weight is 282 g/mol. The Bertz CT molecular complexity index is 618. The lowest BCUT2D eigenvalue weighted by Crippen LogP contribution is -2.12. The molecule has 0 aliphatic rings. The van der Waals surface area contributed by atoms with Gasteiger partial charge in [0.05, 0.1) is 13.5 Å². The number of methoxy groups -OCH3 is 1. The van der Waals surface area contributed by atoms with Crippen molar-refractivity contribution < 1.29 is 14.3 Å². The Labute approximate surface area is 124 Å². The summed E-state index contributed by atoms with van der Waals surface area (Å²) in [6, 6.07) is 14.8. The lowest BCUT2D eigenvalue weighted by Gasteiger charge is -2.10. The molecule has 0 saturated carbocycles. The van der Waals surface area contributed by atoms with E-state index in [0.717, 1.165) is 17.5 Å². The SMILES string of the molecule is C=CCc1ccc(CC(=O)Oc2ccccc2)c(OC)c1. The highest BCUT2D eigenvalue weighted by molar-refractivity contribution is 5.76. The summed E-state index contributed by atoms with van der Waals surface area (Å²) in [6.45, 7) is 3.71. The van der Waals surface area contributed by atoms with Gasteiger partial charge in [0.15, 0.2) is 0 Å². The van der Waals surface area contributed by atoms with E-state index in [1.54, 1.807) is 19.2 Å². The minimum absolute atomic E-state index is 0.173. The van der Waals surface area contributed by atoms with Crippen LogP contribution in [0.5, 0.6) is 11.5 Å². The molecule has 2 aromatic carbocycles. The molecule has 0 bridgehead atoms. The molecule has 2 rings (SSSR count). The van der Waals surface area contributed by atoms with Gasteiger partial charge in [0.1, 0.15) is 11.5 Å². The molecule has 0 aliphatic carbocycles. The number of ether oxygens (including phenoxy) is 2. The second kappa shape index (κ2) is 7.29. The van der Waals surface area contributed by atoms with E-state index in [-0.39, 0.29) is 12.4 Å². The number of esters is 1. The Morgan fingerprint density at radius 1 is 1.19 bits per heavy atom.